The number of methoxy groups -OCH3 is 1. The molecule has 1 aromatic heterocycles. The Morgan fingerprint density at radius 1 is 1.19 bits per heavy atom. The Balaban J connectivity index is 1.58. The molecule has 0 bridgehead atoms. The monoisotopic (exact) mass is 441 g/mol. The number of aryl methyl sites for hydroxylation is 1. The van der Waals surface area contributed by atoms with Crippen LogP contribution < -0.4 is 9.47 Å². The van der Waals surface area contributed by atoms with Crippen LogP contribution in [0, 0.1) is 0 Å². The summed E-state index contributed by atoms with van der Waals surface area (Å²) in [7, 11) is 3.32. The quantitative estimate of drug-likeness (QED) is 0.467. The Morgan fingerprint density at radius 3 is 2.68 bits per heavy atom. The van der Waals surface area contributed by atoms with Crippen LogP contribution in [0.4, 0.5) is 0 Å². The van der Waals surface area contributed by atoms with Crippen molar-refractivity contribution in [1.82, 2.24) is 15.1 Å². The van der Waals surface area contributed by atoms with Gasteiger partial charge in [0.25, 0.3) is 5.91 Å². The Bertz CT molecular complexity index is 1000. The summed E-state index contributed by atoms with van der Waals surface area (Å²) in [6, 6.07) is 15.4. The van der Waals surface area contributed by atoms with Gasteiger partial charge in [0.15, 0.2) is 11.5 Å². The largest absolute Gasteiger partial charge is 0.493 e. The number of hydrogen-bond acceptors (Lipinski definition) is 4. The van der Waals surface area contributed by atoms with Crippen molar-refractivity contribution < 1.29 is 14.3 Å². The molecule has 31 heavy (non-hydrogen) atoms. The second-order valence-corrected chi connectivity index (χ2v) is 7.72. The lowest BCUT2D eigenvalue weighted by atomic mass is 10.1. The third kappa shape index (κ3) is 5.79. The minimum Gasteiger partial charge on any atom is -0.493 e. The summed E-state index contributed by atoms with van der Waals surface area (Å²) in [5.74, 6) is 0.819. The first kappa shape index (κ1) is 22.7. The highest BCUT2D eigenvalue weighted by Gasteiger charge is 2.18. The molecule has 0 saturated carbocycles. The molecule has 1 heterocycles. The van der Waals surface area contributed by atoms with Crippen molar-refractivity contribution in [2.75, 3.05) is 27.3 Å². The maximum absolute atomic E-state index is 12.9. The van der Waals surface area contributed by atoms with E-state index in [0.29, 0.717) is 35.2 Å². The zero-order valence-electron chi connectivity index (χ0n) is 18.2. The summed E-state index contributed by atoms with van der Waals surface area (Å²) in [4.78, 5) is 14.6. The van der Waals surface area contributed by atoms with E-state index in [-0.39, 0.29) is 5.91 Å². The van der Waals surface area contributed by atoms with E-state index < -0.39 is 0 Å². The maximum atomic E-state index is 12.9. The molecule has 0 aliphatic carbocycles. The van der Waals surface area contributed by atoms with Crippen molar-refractivity contribution in [3.8, 4) is 22.8 Å². The van der Waals surface area contributed by atoms with Crippen molar-refractivity contribution in [2.24, 2.45) is 0 Å². The topological polar surface area (TPSA) is 67.5 Å². The van der Waals surface area contributed by atoms with E-state index in [9.17, 15) is 4.79 Å². The number of carbonyl (C=O) groups excluding carboxylic acids is 1. The lowest BCUT2D eigenvalue weighted by molar-refractivity contribution is 0.0793. The summed E-state index contributed by atoms with van der Waals surface area (Å²) in [5.41, 5.74) is 3.52. The first-order valence-electron chi connectivity index (χ1n) is 10.4. The third-order valence-electron chi connectivity index (χ3n) is 4.91. The molecule has 6 nitrogen and oxygen atoms in total. The Hall–Kier alpha value is -2.99. The number of hydrogen-bond donors (Lipinski definition) is 1. The Kier molecular flexibility index (Phi) is 7.95. The van der Waals surface area contributed by atoms with E-state index in [1.807, 2.05) is 37.3 Å². The van der Waals surface area contributed by atoms with E-state index in [2.05, 4.69) is 16.3 Å². The molecule has 0 radical (unpaired) electrons. The van der Waals surface area contributed by atoms with E-state index in [0.717, 1.165) is 36.2 Å². The Morgan fingerprint density at radius 2 is 1.97 bits per heavy atom. The molecule has 3 rings (SSSR count). The molecule has 0 fully saturated rings. The molecule has 0 saturated heterocycles. The highest BCUT2D eigenvalue weighted by molar-refractivity contribution is 6.32. The van der Waals surface area contributed by atoms with Gasteiger partial charge >= 0.3 is 0 Å². The fourth-order valence-corrected chi connectivity index (χ4v) is 3.53. The number of benzene rings is 2. The lowest BCUT2D eigenvalue weighted by Gasteiger charge is -2.19. The Labute approximate surface area is 188 Å². The molecule has 0 aliphatic rings. The zero-order valence-corrected chi connectivity index (χ0v) is 18.9. The van der Waals surface area contributed by atoms with Gasteiger partial charge in [0, 0.05) is 30.4 Å². The van der Waals surface area contributed by atoms with Gasteiger partial charge in [-0.2, -0.15) is 5.10 Å². The second kappa shape index (κ2) is 10.9. The summed E-state index contributed by atoms with van der Waals surface area (Å²) >= 11 is 6.35. The number of nitrogens with zero attached hydrogens (tertiary/aromatic N) is 2. The number of rotatable bonds is 10. The molecule has 7 heteroatoms. The van der Waals surface area contributed by atoms with E-state index in [4.69, 9.17) is 21.1 Å². The molecular formula is C24H28ClN3O3. The fraction of sp³-hybridized carbons (Fsp3) is 0.333. The van der Waals surface area contributed by atoms with Gasteiger partial charge in [-0.1, -0.05) is 48.9 Å². The van der Waals surface area contributed by atoms with Crippen LogP contribution in [0.1, 0.15) is 35.8 Å². The SMILES string of the molecule is CCCOc1c(Cl)cc(C(=O)N(C)CCCc2cc(-c3ccccc3)n[nH]2)cc1OC. The van der Waals surface area contributed by atoms with Crippen LogP contribution in [0.3, 0.4) is 0 Å². The van der Waals surface area contributed by atoms with Crippen LogP contribution in [-0.4, -0.2) is 48.3 Å². The molecule has 0 unspecified atom stereocenters. The van der Waals surface area contributed by atoms with Crippen molar-refractivity contribution in [3.63, 3.8) is 0 Å². The fourth-order valence-electron chi connectivity index (χ4n) is 3.26. The number of amides is 1. The van der Waals surface area contributed by atoms with Crippen molar-refractivity contribution in [3.05, 3.63) is 64.8 Å². The van der Waals surface area contributed by atoms with Crippen LogP contribution in [0.5, 0.6) is 11.5 Å². The number of halogens is 1. The van der Waals surface area contributed by atoms with Crippen LogP contribution in [-0.2, 0) is 6.42 Å². The highest BCUT2D eigenvalue weighted by Crippen LogP contribution is 2.36. The van der Waals surface area contributed by atoms with E-state index >= 15 is 0 Å². The standard InChI is InChI=1S/C24H28ClN3O3/c1-4-13-31-23-20(25)14-18(15-22(23)30-3)24(29)28(2)12-8-11-19-16-21(27-26-19)17-9-6-5-7-10-17/h5-7,9-10,14-16H,4,8,11-13H2,1-3H3,(H,26,27). The van der Waals surface area contributed by atoms with E-state index in [1.165, 1.54) is 7.11 Å². The number of aromatic nitrogens is 2. The van der Waals surface area contributed by atoms with Gasteiger partial charge in [0.2, 0.25) is 0 Å². The van der Waals surface area contributed by atoms with Gasteiger partial charge in [-0.15, -0.1) is 0 Å². The van der Waals surface area contributed by atoms with Crippen LogP contribution >= 0.6 is 11.6 Å². The third-order valence-corrected chi connectivity index (χ3v) is 5.19. The first-order chi connectivity index (χ1) is 15.0. The summed E-state index contributed by atoms with van der Waals surface area (Å²) in [6.45, 7) is 3.15. The molecule has 164 valence electrons. The zero-order chi connectivity index (χ0) is 22.2. The lowest BCUT2D eigenvalue weighted by Crippen LogP contribution is -2.28. The molecule has 0 spiro atoms. The molecule has 2 aromatic carbocycles. The van der Waals surface area contributed by atoms with Crippen LogP contribution in [0.25, 0.3) is 11.3 Å². The highest BCUT2D eigenvalue weighted by atomic mass is 35.5. The smallest absolute Gasteiger partial charge is 0.253 e. The second-order valence-electron chi connectivity index (χ2n) is 7.31. The predicted molar refractivity (Wildman–Crippen MR) is 123 cm³/mol. The van der Waals surface area contributed by atoms with Crippen molar-refractivity contribution >= 4 is 17.5 Å². The summed E-state index contributed by atoms with van der Waals surface area (Å²) in [5, 5.41) is 7.83. The minimum absolute atomic E-state index is 0.114. The normalized spacial score (nSPS) is 10.7. The van der Waals surface area contributed by atoms with Gasteiger partial charge in [-0.05, 0) is 37.5 Å². The maximum Gasteiger partial charge on any atom is 0.253 e. The number of aromatic amines is 1. The molecule has 0 atom stereocenters. The first-order valence-corrected chi connectivity index (χ1v) is 10.8. The minimum atomic E-state index is -0.114. The van der Waals surface area contributed by atoms with Gasteiger partial charge in [-0.3, -0.25) is 9.89 Å². The number of carbonyl (C=O) groups is 1. The van der Waals surface area contributed by atoms with E-state index in [1.54, 1.807) is 24.1 Å². The predicted octanol–water partition coefficient (Wildman–Crippen LogP) is 5.23. The molecule has 1 N–H and O–H groups in total. The van der Waals surface area contributed by atoms with Gasteiger partial charge in [0.1, 0.15) is 0 Å². The molecule has 1 amide bonds. The molecule has 0 aliphatic heterocycles. The average Bonchev–Trinajstić information content (AvgIpc) is 3.26. The average molecular weight is 442 g/mol. The van der Waals surface area contributed by atoms with Crippen LogP contribution in [0.2, 0.25) is 5.02 Å². The number of H-pyrrole nitrogens is 1. The number of ether oxygens (including phenoxy) is 2. The van der Waals surface area contributed by atoms with Crippen molar-refractivity contribution in [1.29, 1.82) is 0 Å². The van der Waals surface area contributed by atoms with Crippen molar-refractivity contribution in [2.45, 2.75) is 26.2 Å². The van der Waals surface area contributed by atoms with Gasteiger partial charge in [-0.25, -0.2) is 0 Å². The summed E-state index contributed by atoms with van der Waals surface area (Å²) < 4.78 is 11.0. The van der Waals surface area contributed by atoms with Crippen LogP contribution in [0.15, 0.2) is 48.5 Å². The molecule has 3 aromatic rings. The molecular weight excluding hydrogens is 414 g/mol. The van der Waals surface area contributed by atoms with Gasteiger partial charge in [0.05, 0.1) is 24.4 Å². The number of nitrogens with one attached hydrogen (secondary N) is 1. The summed E-state index contributed by atoms with van der Waals surface area (Å²) in [6.07, 6.45) is 2.46. The van der Waals surface area contributed by atoms with Gasteiger partial charge < -0.3 is 14.4 Å².